The SMILES string of the molecule is CC(=O)Oc1ccc2cc(-c3ccc(Br)cc3)c(=O)oc2c1.O=C(O)Cc1ccc(Br)cc1.O=Cc1ccc(O)cc1O. The summed E-state index contributed by atoms with van der Waals surface area (Å²) in [5.41, 5.74) is 2.21. The fourth-order valence-electron chi connectivity index (χ4n) is 3.56. The number of benzene rings is 4. The second-order valence-electron chi connectivity index (χ2n) is 8.81. The van der Waals surface area contributed by atoms with Gasteiger partial charge in [-0.2, -0.15) is 0 Å². The van der Waals surface area contributed by atoms with Crippen molar-refractivity contribution in [3.05, 3.63) is 121 Å². The van der Waals surface area contributed by atoms with Gasteiger partial charge in [0.2, 0.25) is 0 Å². The number of esters is 1. The predicted octanol–water partition coefficient (Wildman–Crippen LogP) is 7.13. The number of fused-ring (bicyclic) bond motifs is 1. The van der Waals surface area contributed by atoms with Crippen LogP contribution in [-0.4, -0.2) is 33.5 Å². The number of hydrogen-bond donors (Lipinski definition) is 3. The fourth-order valence-corrected chi connectivity index (χ4v) is 4.09. The average Bonchev–Trinajstić information content (AvgIpc) is 2.95. The minimum absolute atomic E-state index is 0.0527. The van der Waals surface area contributed by atoms with E-state index < -0.39 is 17.6 Å². The lowest BCUT2D eigenvalue weighted by molar-refractivity contribution is -0.136. The van der Waals surface area contributed by atoms with E-state index in [0.29, 0.717) is 23.2 Å². The number of phenols is 2. The molecule has 9 nitrogen and oxygen atoms in total. The number of carbonyl (C=O) groups excluding carboxylic acids is 2. The molecule has 11 heteroatoms. The Bertz CT molecular complexity index is 1800. The van der Waals surface area contributed by atoms with Gasteiger partial charge in [0.05, 0.1) is 17.5 Å². The Hall–Kier alpha value is -4.74. The van der Waals surface area contributed by atoms with Crippen LogP contribution in [0.3, 0.4) is 0 Å². The van der Waals surface area contributed by atoms with Gasteiger partial charge in [0.1, 0.15) is 22.8 Å². The number of phenolic OH excluding ortho intramolecular Hbond substituents is 2. The molecule has 5 rings (SSSR count). The number of rotatable bonds is 5. The van der Waals surface area contributed by atoms with E-state index in [0.717, 1.165) is 31.5 Å². The first-order valence-electron chi connectivity index (χ1n) is 12.4. The van der Waals surface area contributed by atoms with E-state index in [1.165, 1.54) is 25.1 Å². The van der Waals surface area contributed by atoms with Crippen LogP contribution >= 0.6 is 31.9 Å². The second kappa shape index (κ2) is 15.5. The van der Waals surface area contributed by atoms with Crippen LogP contribution in [0, 0.1) is 0 Å². The highest BCUT2D eigenvalue weighted by Crippen LogP contribution is 2.25. The zero-order valence-electron chi connectivity index (χ0n) is 22.5. The summed E-state index contributed by atoms with van der Waals surface area (Å²) in [5.74, 6) is -1.13. The Kier molecular flexibility index (Phi) is 11.8. The molecule has 43 heavy (non-hydrogen) atoms. The minimum Gasteiger partial charge on any atom is -0.508 e. The van der Waals surface area contributed by atoms with E-state index in [-0.39, 0.29) is 23.5 Å². The van der Waals surface area contributed by atoms with E-state index >= 15 is 0 Å². The summed E-state index contributed by atoms with van der Waals surface area (Å²) in [6.45, 7) is 1.32. The maximum Gasteiger partial charge on any atom is 0.344 e. The third kappa shape index (κ3) is 10.2. The molecule has 0 aliphatic rings. The van der Waals surface area contributed by atoms with Crippen LogP contribution in [0.2, 0.25) is 0 Å². The zero-order chi connectivity index (χ0) is 31.5. The van der Waals surface area contributed by atoms with E-state index in [4.69, 9.17) is 24.5 Å². The van der Waals surface area contributed by atoms with Crippen molar-refractivity contribution in [3.8, 4) is 28.4 Å². The van der Waals surface area contributed by atoms with Gasteiger partial charge in [-0.3, -0.25) is 14.4 Å². The summed E-state index contributed by atoms with van der Waals surface area (Å²) in [6.07, 6.45) is 0.613. The Labute approximate surface area is 262 Å². The fraction of sp³-hybridized carbons (Fsp3) is 0.0625. The highest BCUT2D eigenvalue weighted by atomic mass is 79.9. The number of carboxylic acids is 1. The molecule has 0 aliphatic heterocycles. The summed E-state index contributed by atoms with van der Waals surface area (Å²) in [4.78, 5) is 43.5. The molecule has 0 bridgehead atoms. The molecule has 0 saturated heterocycles. The summed E-state index contributed by atoms with van der Waals surface area (Å²) < 4.78 is 12.2. The van der Waals surface area contributed by atoms with Crippen molar-refractivity contribution in [1.82, 2.24) is 0 Å². The molecule has 0 aliphatic carbocycles. The molecular formula is C32H24Br2O9. The summed E-state index contributed by atoms with van der Waals surface area (Å²) >= 11 is 6.63. The maximum atomic E-state index is 12.2. The van der Waals surface area contributed by atoms with E-state index in [2.05, 4.69) is 31.9 Å². The second-order valence-corrected chi connectivity index (χ2v) is 10.6. The normalized spacial score (nSPS) is 10.0. The third-order valence-electron chi connectivity index (χ3n) is 5.53. The van der Waals surface area contributed by atoms with Gasteiger partial charge in [-0.25, -0.2) is 4.79 Å². The van der Waals surface area contributed by atoms with Gasteiger partial charge in [-0.05, 0) is 65.7 Å². The van der Waals surface area contributed by atoms with Crippen LogP contribution in [0.25, 0.3) is 22.1 Å². The zero-order valence-corrected chi connectivity index (χ0v) is 25.7. The maximum absolute atomic E-state index is 12.2. The van der Waals surface area contributed by atoms with Crippen LogP contribution in [0.15, 0.2) is 109 Å². The van der Waals surface area contributed by atoms with E-state index in [1.807, 2.05) is 36.4 Å². The number of hydrogen-bond acceptors (Lipinski definition) is 8. The number of carbonyl (C=O) groups is 3. The molecule has 0 saturated carbocycles. The first-order chi connectivity index (χ1) is 20.4. The lowest BCUT2D eigenvalue weighted by atomic mass is 10.1. The number of aldehydes is 1. The molecular weight excluding hydrogens is 688 g/mol. The van der Waals surface area contributed by atoms with Gasteiger partial charge in [-0.1, -0.05) is 56.1 Å². The Morgan fingerprint density at radius 1 is 0.860 bits per heavy atom. The highest BCUT2D eigenvalue weighted by molar-refractivity contribution is 9.10. The third-order valence-corrected chi connectivity index (χ3v) is 6.59. The minimum atomic E-state index is -0.799. The van der Waals surface area contributed by atoms with Crippen molar-refractivity contribution in [1.29, 1.82) is 0 Å². The molecule has 0 unspecified atom stereocenters. The molecule has 0 fully saturated rings. The van der Waals surface area contributed by atoms with E-state index in [9.17, 15) is 19.2 Å². The smallest absolute Gasteiger partial charge is 0.344 e. The van der Waals surface area contributed by atoms with Gasteiger partial charge in [-0.15, -0.1) is 0 Å². The molecule has 3 N–H and O–H groups in total. The quantitative estimate of drug-likeness (QED) is 0.0748. The molecule has 1 heterocycles. The van der Waals surface area contributed by atoms with Gasteiger partial charge >= 0.3 is 17.6 Å². The van der Waals surface area contributed by atoms with Crippen LogP contribution in [-0.2, 0) is 16.0 Å². The average molecular weight is 712 g/mol. The highest BCUT2D eigenvalue weighted by Gasteiger charge is 2.09. The van der Waals surface area contributed by atoms with Crippen molar-refractivity contribution >= 4 is 61.1 Å². The number of aliphatic carboxylic acids is 1. The van der Waals surface area contributed by atoms with Crippen molar-refractivity contribution in [2.75, 3.05) is 0 Å². The Morgan fingerprint density at radius 3 is 2.05 bits per heavy atom. The van der Waals surface area contributed by atoms with Crippen molar-refractivity contribution in [2.24, 2.45) is 0 Å². The van der Waals surface area contributed by atoms with Gasteiger partial charge in [0.15, 0.2) is 6.29 Å². The topological polar surface area (TPSA) is 151 Å². The molecule has 0 radical (unpaired) electrons. The van der Waals surface area contributed by atoms with Crippen LogP contribution in [0.1, 0.15) is 22.8 Å². The van der Waals surface area contributed by atoms with Gasteiger partial charge in [0.25, 0.3) is 0 Å². The van der Waals surface area contributed by atoms with Crippen LogP contribution in [0.5, 0.6) is 17.2 Å². The number of halogens is 2. The Balaban J connectivity index is 0.000000201. The van der Waals surface area contributed by atoms with Crippen molar-refractivity contribution < 1.29 is 38.9 Å². The first-order valence-corrected chi connectivity index (χ1v) is 14.0. The molecule has 5 aromatic rings. The number of carboxylic acid groups (broad SMARTS) is 1. The Morgan fingerprint density at radius 2 is 1.49 bits per heavy atom. The lowest BCUT2D eigenvalue weighted by Gasteiger charge is -2.05. The molecule has 4 aromatic carbocycles. The van der Waals surface area contributed by atoms with Crippen molar-refractivity contribution in [2.45, 2.75) is 13.3 Å². The van der Waals surface area contributed by atoms with Crippen LogP contribution < -0.4 is 10.4 Å². The number of aromatic hydroxyl groups is 2. The molecule has 220 valence electrons. The molecule has 0 amide bonds. The van der Waals surface area contributed by atoms with Crippen molar-refractivity contribution in [3.63, 3.8) is 0 Å². The standard InChI is InChI=1S/C17H11BrO4.C8H7BrO2.C7H6O3/c1-10(19)21-14-7-4-12-8-15(17(20)22-16(12)9-14)11-2-5-13(18)6-3-11;9-7-3-1-6(2-4-7)5-8(10)11;8-4-5-1-2-6(9)3-7(5)10/h2-9H,1H3;1-4H,5H2,(H,10,11);1-4,9-10H. The summed E-state index contributed by atoms with van der Waals surface area (Å²) in [5, 5.41) is 26.8. The largest absolute Gasteiger partial charge is 0.508 e. The summed E-state index contributed by atoms with van der Waals surface area (Å²) in [7, 11) is 0. The molecule has 0 atom stereocenters. The van der Waals surface area contributed by atoms with E-state index in [1.54, 1.807) is 30.3 Å². The van der Waals surface area contributed by atoms with Crippen LogP contribution in [0.4, 0.5) is 0 Å². The molecule has 1 aromatic heterocycles. The lowest BCUT2D eigenvalue weighted by Crippen LogP contribution is -2.04. The number of ether oxygens (including phenoxy) is 1. The van der Waals surface area contributed by atoms with Gasteiger partial charge < -0.3 is 24.5 Å². The first kappa shape index (κ1) is 32.8. The van der Waals surface area contributed by atoms with Gasteiger partial charge in [0, 0.05) is 33.4 Å². The molecule has 0 spiro atoms. The monoisotopic (exact) mass is 710 g/mol. The predicted molar refractivity (Wildman–Crippen MR) is 168 cm³/mol. The summed E-state index contributed by atoms with van der Waals surface area (Å²) in [6, 6.07) is 25.2.